The smallest absolute Gasteiger partial charge is 0.341 e. The quantitative estimate of drug-likeness (QED) is 0.349. The van der Waals surface area contributed by atoms with Crippen LogP contribution >= 0.6 is 50.3 Å². The first-order chi connectivity index (χ1) is 14.4. The topological polar surface area (TPSA) is 97.2 Å². The molecule has 2 aromatic rings. The lowest BCUT2D eigenvalue weighted by Crippen LogP contribution is -2.19. The zero-order valence-corrected chi connectivity index (χ0v) is 20.2. The Morgan fingerprint density at radius 1 is 1.33 bits per heavy atom. The molecule has 10 heteroatoms. The number of aliphatic carboxylic acids is 1. The Labute approximate surface area is 199 Å². The number of aliphatic imine (C=N–C) groups is 1. The van der Waals surface area contributed by atoms with Gasteiger partial charge in [0, 0.05) is 3.57 Å². The highest BCUT2D eigenvalue weighted by atomic mass is 127. The van der Waals surface area contributed by atoms with Crippen molar-refractivity contribution in [3.8, 4) is 11.5 Å². The fourth-order valence-corrected chi connectivity index (χ4v) is 4.41. The minimum atomic E-state index is -1.09. The van der Waals surface area contributed by atoms with Gasteiger partial charge in [0.25, 0.3) is 5.91 Å². The van der Waals surface area contributed by atoms with E-state index in [1.54, 1.807) is 18.2 Å². The zero-order valence-electron chi connectivity index (χ0n) is 15.6. The lowest BCUT2D eigenvalue weighted by atomic mass is 10.2. The summed E-state index contributed by atoms with van der Waals surface area (Å²) in [4.78, 5) is 28.2. The Bertz CT molecular complexity index is 1060. The van der Waals surface area contributed by atoms with E-state index < -0.39 is 12.6 Å². The molecule has 0 aliphatic carbocycles. The normalized spacial score (nSPS) is 16.0. The van der Waals surface area contributed by atoms with Crippen molar-refractivity contribution in [1.82, 2.24) is 5.32 Å². The molecule has 1 fully saturated rings. The minimum absolute atomic E-state index is 0.245. The van der Waals surface area contributed by atoms with Crippen LogP contribution in [0.15, 0.2) is 50.8 Å². The summed E-state index contributed by atoms with van der Waals surface area (Å²) >= 11 is 6.82. The van der Waals surface area contributed by atoms with Gasteiger partial charge in [0.1, 0.15) is 0 Å². The standard InChI is InChI=1S/C20H16BrIN2O5S/c1-2-28-15-8-11(7-12(21)18(15)29-10-17(25)26)9-16-19(27)24-20(30-16)23-14-6-4-3-5-13(14)22/h3-9H,2,10H2,1H3,(H,25,26)(H,23,24,27)/b16-9+. The van der Waals surface area contributed by atoms with Crippen molar-refractivity contribution in [2.24, 2.45) is 4.99 Å². The van der Waals surface area contributed by atoms with Gasteiger partial charge in [0.15, 0.2) is 23.3 Å². The van der Waals surface area contributed by atoms with Crippen molar-refractivity contribution < 1.29 is 24.2 Å². The van der Waals surface area contributed by atoms with E-state index in [4.69, 9.17) is 14.6 Å². The lowest BCUT2D eigenvalue weighted by Gasteiger charge is -2.13. The summed E-state index contributed by atoms with van der Waals surface area (Å²) in [5.41, 5.74) is 1.48. The molecule has 30 heavy (non-hydrogen) atoms. The second-order valence-electron chi connectivity index (χ2n) is 5.88. The maximum absolute atomic E-state index is 12.4. The Balaban J connectivity index is 1.88. The first-order valence-electron chi connectivity index (χ1n) is 8.72. The highest BCUT2D eigenvalue weighted by Crippen LogP contribution is 2.38. The van der Waals surface area contributed by atoms with Gasteiger partial charge in [-0.3, -0.25) is 4.79 Å². The highest BCUT2D eigenvalue weighted by Gasteiger charge is 2.24. The Hall–Kier alpha value is -2.05. The van der Waals surface area contributed by atoms with E-state index in [1.165, 1.54) is 11.8 Å². The van der Waals surface area contributed by atoms with Crippen molar-refractivity contribution in [1.29, 1.82) is 0 Å². The van der Waals surface area contributed by atoms with Gasteiger partial charge in [-0.15, -0.1) is 0 Å². The van der Waals surface area contributed by atoms with Crippen molar-refractivity contribution in [2.45, 2.75) is 6.92 Å². The van der Waals surface area contributed by atoms with Gasteiger partial charge in [0.2, 0.25) is 0 Å². The number of amides is 1. The molecule has 2 aromatic carbocycles. The molecule has 1 amide bonds. The second-order valence-corrected chi connectivity index (χ2v) is 8.93. The number of hydrogen-bond donors (Lipinski definition) is 2. The minimum Gasteiger partial charge on any atom is -0.490 e. The molecule has 1 aliphatic heterocycles. The summed E-state index contributed by atoms with van der Waals surface area (Å²) in [7, 11) is 0. The zero-order chi connectivity index (χ0) is 21.7. The summed E-state index contributed by atoms with van der Waals surface area (Å²) in [6.45, 7) is 1.70. The van der Waals surface area contributed by atoms with Crippen molar-refractivity contribution >= 4 is 79.1 Å². The monoisotopic (exact) mass is 602 g/mol. The number of carboxylic acids is 1. The van der Waals surface area contributed by atoms with Crippen LogP contribution in [0.25, 0.3) is 6.08 Å². The van der Waals surface area contributed by atoms with E-state index in [-0.39, 0.29) is 5.91 Å². The lowest BCUT2D eigenvalue weighted by molar-refractivity contribution is -0.139. The van der Waals surface area contributed by atoms with E-state index in [0.717, 1.165) is 9.26 Å². The number of thioether (sulfide) groups is 1. The average Bonchev–Trinajstić information content (AvgIpc) is 3.02. The molecule has 0 saturated carbocycles. The maximum atomic E-state index is 12.4. The number of carboxylic acid groups (broad SMARTS) is 1. The predicted molar refractivity (Wildman–Crippen MR) is 128 cm³/mol. The molecule has 2 N–H and O–H groups in total. The third-order valence-corrected chi connectivity index (χ3v) is 6.11. The van der Waals surface area contributed by atoms with Crippen molar-refractivity contribution in [2.75, 3.05) is 13.2 Å². The highest BCUT2D eigenvalue weighted by molar-refractivity contribution is 14.1. The second kappa shape index (κ2) is 10.3. The molecular weight excluding hydrogens is 587 g/mol. The number of nitrogens with one attached hydrogen (secondary N) is 1. The largest absolute Gasteiger partial charge is 0.490 e. The number of benzene rings is 2. The Morgan fingerprint density at radius 2 is 2.10 bits per heavy atom. The number of carbonyl (C=O) groups is 2. The van der Waals surface area contributed by atoms with Gasteiger partial charge in [0.05, 0.1) is 21.7 Å². The van der Waals surface area contributed by atoms with Crippen molar-refractivity contribution in [3.63, 3.8) is 0 Å². The summed E-state index contributed by atoms with van der Waals surface area (Å²) < 4.78 is 12.4. The molecule has 0 radical (unpaired) electrons. The molecule has 0 aromatic heterocycles. The number of ether oxygens (including phenoxy) is 2. The van der Waals surface area contributed by atoms with Gasteiger partial charge in [-0.05, 0) is 93.1 Å². The number of halogens is 2. The summed E-state index contributed by atoms with van der Waals surface area (Å²) in [5.74, 6) is -0.652. The number of rotatable bonds is 7. The van der Waals surface area contributed by atoms with Gasteiger partial charge in [-0.1, -0.05) is 12.1 Å². The van der Waals surface area contributed by atoms with Crippen molar-refractivity contribution in [3.05, 3.63) is 54.9 Å². The van der Waals surface area contributed by atoms with E-state index in [9.17, 15) is 9.59 Å². The van der Waals surface area contributed by atoms with Crippen LogP contribution in [0.4, 0.5) is 5.69 Å². The number of hydrogen-bond acceptors (Lipinski definition) is 6. The van der Waals surface area contributed by atoms with E-state index >= 15 is 0 Å². The van der Waals surface area contributed by atoms with E-state index in [1.807, 2.05) is 31.2 Å². The molecule has 156 valence electrons. The Kier molecular flexibility index (Phi) is 7.78. The van der Waals surface area contributed by atoms with Crippen LogP contribution in [0.2, 0.25) is 0 Å². The van der Waals surface area contributed by atoms with Crippen LogP contribution in [0.1, 0.15) is 12.5 Å². The molecule has 1 saturated heterocycles. The molecule has 0 spiro atoms. The average molecular weight is 603 g/mol. The number of para-hydroxylation sites is 1. The summed E-state index contributed by atoms with van der Waals surface area (Å²) in [6, 6.07) is 11.1. The summed E-state index contributed by atoms with van der Waals surface area (Å²) in [5, 5.41) is 12.1. The number of amidine groups is 1. The molecular formula is C20H16BrIN2O5S. The van der Waals surface area contributed by atoms with Gasteiger partial charge in [-0.2, -0.15) is 0 Å². The van der Waals surface area contributed by atoms with Crippen LogP contribution in [0, 0.1) is 3.57 Å². The third kappa shape index (κ3) is 5.76. The molecule has 3 rings (SSSR count). The first-order valence-corrected chi connectivity index (χ1v) is 11.4. The van der Waals surface area contributed by atoms with E-state index in [2.05, 4.69) is 48.8 Å². The maximum Gasteiger partial charge on any atom is 0.341 e. The Morgan fingerprint density at radius 3 is 2.80 bits per heavy atom. The van der Waals surface area contributed by atoms with Crippen LogP contribution in [-0.2, 0) is 9.59 Å². The van der Waals surface area contributed by atoms with Gasteiger partial charge >= 0.3 is 5.97 Å². The number of carbonyl (C=O) groups excluding carboxylic acids is 1. The molecule has 0 unspecified atom stereocenters. The van der Waals surface area contributed by atoms with Gasteiger partial charge in [-0.25, -0.2) is 9.79 Å². The van der Waals surface area contributed by atoms with E-state index in [0.29, 0.717) is 38.2 Å². The molecule has 0 bridgehead atoms. The van der Waals surface area contributed by atoms with Crippen LogP contribution in [-0.4, -0.2) is 35.4 Å². The molecule has 1 heterocycles. The molecule has 7 nitrogen and oxygen atoms in total. The number of nitrogens with zero attached hydrogens (tertiary/aromatic N) is 1. The van der Waals surface area contributed by atoms with Gasteiger partial charge < -0.3 is 19.9 Å². The SMILES string of the molecule is CCOc1cc(/C=C2/SC(=Nc3ccccc3I)NC2=O)cc(Br)c1OCC(=O)O. The van der Waals surface area contributed by atoms with Crippen LogP contribution in [0.5, 0.6) is 11.5 Å². The van der Waals surface area contributed by atoms with Crippen LogP contribution in [0.3, 0.4) is 0 Å². The third-order valence-electron chi connectivity index (χ3n) is 3.69. The fourth-order valence-electron chi connectivity index (χ4n) is 2.49. The molecule has 0 atom stereocenters. The van der Waals surface area contributed by atoms with Crippen LogP contribution < -0.4 is 14.8 Å². The fraction of sp³-hybridized carbons (Fsp3) is 0.150. The molecule has 1 aliphatic rings. The predicted octanol–water partition coefficient (Wildman–Crippen LogP) is 4.81. The first kappa shape index (κ1) is 22.6. The summed E-state index contributed by atoms with van der Waals surface area (Å²) in [6.07, 6.45) is 1.72.